The molecule has 0 aliphatic carbocycles. The standard InChI is InChI=1S/C32H19ClO2S.C18H12O2.C14H8Cl2S/c33-31-26(30-19-21-8-1-4-17-29(21)36-30)14-7-16-28(31)34-22-10-5-9-20(18-22)23-12-6-13-25-24-11-2-3-15-27(24)35-32(23)25;19-13-6-3-5-12(11-13)14-8-4-9-16-15-7-1-2-10-17(15)20-18(14)16;15-11-6-3-5-10(14(11)16)13-8-9-4-1-2-7-12(9)17-13/h1-19H;1-11,19H;1-8H. The van der Waals surface area contributed by atoms with E-state index in [1.54, 1.807) is 40.9 Å². The molecule has 0 aliphatic heterocycles. The van der Waals surface area contributed by atoms with E-state index in [9.17, 15) is 5.11 Å². The molecule has 14 aromatic rings. The van der Waals surface area contributed by atoms with Gasteiger partial charge in [-0.1, -0.05) is 193 Å². The maximum Gasteiger partial charge on any atom is 0.146 e. The molecule has 0 bridgehead atoms. The number of phenolic OH excluding ortho intramolecular Hbond substituents is 1. The van der Waals surface area contributed by atoms with E-state index in [1.807, 2.05) is 121 Å². The van der Waals surface area contributed by atoms with Gasteiger partial charge in [-0.2, -0.15) is 0 Å². The summed E-state index contributed by atoms with van der Waals surface area (Å²) in [5.74, 6) is 1.61. The van der Waals surface area contributed by atoms with E-state index in [0.29, 0.717) is 20.8 Å². The topological polar surface area (TPSA) is 55.7 Å². The smallest absolute Gasteiger partial charge is 0.146 e. The van der Waals surface area contributed by atoms with Gasteiger partial charge >= 0.3 is 0 Å². The van der Waals surface area contributed by atoms with Crippen molar-refractivity contribution < 1.29 is 18.7 Å². The summed E-state index contributed by atoms with van der Waals surface area (Å²) in [4.78, 5) is 2.27. The molecule has 1 N–H and O–H groups in total. The molecule has 4 aromatic heterocycles. The van der Waals surface area contributed by atoms with E-state index >= 15 is 0 Å². The third-order valence-electron chi connectivity index (χ3n) is 12.6. The van der Waals surface area contributed by atoms with E-state index in [2.05, 4.69) is 91.0 Å². The molecule has 4 nitrogen and oxygen atoms in total. The Morgan fingerprint density at radius 1 is 0.384 bits per heavy atom. The van der Waals surface area contributed by atoms with E-state index in [0.717, 1.165) is 92.8 Å². The zero-order chi connectivity index (χ0) is 49.4. The largest absolute Gasteiger partial charge is 0.508 e. The molecule has 9 heteroatoms. The molecule has 0 amide bonds. The van der Waals surface area contributed by atoms with E-state index in [4.69, 9.17) is 48.4 Å². The highest BCUT2D eigenvalue weighted by molar-refractivity contribution is 7.22. The van der Waals surface area contributed by atoms with Crippen molar-refractivity contribution in [3.05, 3.63) is 246 Å². The Hall–Kier alpha value is -7.81. The molecule has 0 atom stereocenters. The van der Waals surface area contributed by atoms with Gasteiger partial charge in [0.05, 0.1) is 15.1 Å². The van der Waals surface area contributed by atoms with Crippen molar-refractivity contribution in [1.29, 1.82) is 0 Å². The van der Waals surface area contributed by atoms with Crippen LogP contribution in [0.15, 0.2) is 239 Å². The summed E-state index contributed by atoms with van der Waals surface area (Å²) in [5.41, 5.74) is 9.48. The summed E-state index contributed by atoms with van der Waals surface area (Å²) in [6.07, 6.45) is 0. The number of aromatic hydroxyl groups is 1. The highest BCUT2D eigenvalue weighted by Crippen LogP contribution is 2.44. The van der Waals surface area contributed by atoms with Crippen molar-refractivity contribution in [2.75, 3.05) is 0 Å². The number of hydrogen-bond donors (Lipinski definition) is 1. The molecule has 0 saturated carbocycles. The van der Waals surface area contributed by atoms with Gasteiger partial charge in [0.1, 0.15) is 39.6 Å². The number of benzene rings is 10. The maximum absolute atomic E-state index is 9.66. The fourth-order valence-corrected chi connectivity index (χ4v) is 12.1. The summed E-state index contributed by atoms with van der Waals surface area (Å²) < 4.78 is 21.1. The molecule has 0 fully saturated rings. The number of hydrogen-bond acceptors (Lipinski definition) is 6. The molecule has 0 spiro atoms. The van der Waals surface area contributed by atoms with Gasteiger partial charge in [-0.25, -0.2) is 0 Å². The summed E-state index contributed by atoms with van der Waals surface area (Å²) in [6, 6.07) is 76.4. The summed E-state index contributed by atoms with van der Waals surface area (Å²) in [7, 11) is 0. The number of thiophene rings is 2. The van der Waals surface area contributed by atoms with E-state index < -0.39 is 0 Å². The fraction of sp³-hybridized carbons (Fsp3) is 0. The Kier molecular flexibility index (Phi) is 12.7. The van der Waals surface area contributed by atoms with Crippen molar-refractivity contribution in [2.45, 2.75) is 0 Å². The third kappa shape index (κ3) is 9.21. The van der Waals surface area contributed by atoms with Crippen molar-refractivity contribution >= 4 is 122 Å². The Morgan fingerprint density at radius 2 is 0.849 bits per heavy atom. The summed E-state index contributed by atoms with van der Waals surface area (Å²) in [6.45, 7) is 0. The highest BCUT2D eigenvalue weighted by Gasteiger charge is 2.17. The average Bonchev–Trinajstić information content (AvgIpc) is 4.23. The van der Waals surface area contributed by atoms with Gasteiger partial charge in [0, 0.05) is 63.0 Å². The van der Waals surface area contributed by atoms with Gasteiger partial charge in [-0.3, -0.25) is 0 Å². The van der Waals surface area contributed by atoms with Gasteiger partial charge in [0.2, 0.25) is 0 Å². The maximum atomic E-state index is 9.66. The summed E-state index contributed by atoms with van der Waals surface area (Å²) in [5, 5.41) is 18.4. The monoisotopic (exact) mass is 1040 g/mol. The predicted molar refractivity (Wildman–Crippen MR) is 310 cm³/mol. The first kappa shape index (κ1) is 46.3. The van der Waals surface area contributed by atoms with Crippen LogP contribution in [0.2, 0.25) is 15.1 Å². The van der Waals surface area contributed by atoms with Crippen LogP contribution in [0.4, 0.5) is 0 Å². The first-order valence-electron chi connectivity index (χ1n) is 23.4. The molecule has 0 saturated heterocycles. The van der Waals surface area contributed by atoms with Gasteiger partial charge < -0.3 is 18.7 Å². The molecule has 0 aliphatic rings. The quantitative estimate of drug-likeness (QED) is 0.180. The van der Waals surface area contributed by atoms with Gasteiger partial charge in [0.25, 0.3) is 0 Å². The van der Waals surface area contributed by atoms with E-state index in [-0.39, 0.29) is 5.75 Å². The Balaban J connectivity index is 0.000000123. The minimum atomic E-state index is 0.260. The van der Waals surface area contributed by atoms with Crippen LogP contribution in [-0.4, -0.2) is 5.11 Å². The van der Waals surface area contributed by atoms with Gasteiger partial charge in [-0.15, -0.1) is 22.7 Å². The minimum absolute atomic E-state index is 0.260. The number of phenols is 1. The lowest BCUT2D eigenvalue weighted by Gasteiger charge is -2.11. The van der Waals surface area contributed by atoms with Crippen LogP contribution in [0.3, 0.4) is 0 Å². The average molecular weight is 1040 g/mol. The van der Waals surface area contributed by atoms with Gasteiger partial charge in [-0.05, 0) is 94.7 Å². The molecule has 10 aromatic carbocycles. The van der Waals surface area contributed by atoms with Crippen LogP contribution in [0.5, 0.6) is 17.2 Å². The second-order valence-corrected chi connectivity index (χ2v) is 20.6. The molecular weight excluding hydrogens is 1000 g/mol. The highest BCUT2D eigenvalue weighted by atomic mass is 35.5. The van der Waals surface area contributed by atoms with Crippen LogP contribution in [-0.2, 0) is 0 Å². The van der Waals surface area contributed by atoms with Crippen LogP contribution in [0, 0.1) is 0 Å². The molecule has 0 radical (unpaired) electrons. The molecule has 4 heterocycles. The number of rotatable bonds is 6. The van der Waals surface area contributed by atoms with Crippen molar-refractivity contribution in [1.82, 2.24) is 0 Å². The number of halogens is 3. The van der Waals surface area contributed by atoms with Crippen LogP contribution < -0.4 is 4.74 Å². The lowest BCUT2D eigenvalue weighted by Crippen LogP contribution is -1.88. The number of furan rings is 2. The third-order valence-corrected chi connectivity index (χ3v) is 16.1. The first-order chi connectivity index (χ1) is 35.8. The second-order valence-electron chi connectivity index (χ2n) is 17.3. The van der Waals surface area contributed by atoms with Crippen molar-refractivity contribution in [2.24, 2.45) is 0 Å². The Labute approximate surface area is 443 Å². The molecule has 352 valence electrons. The minimum Gasteiger partial charge on any atom is -0.508 e. The Bertz CT molecular complexity index is 4270. The number of para-hydroxylation sites is 4. The van der Waals surface area contributed by atoms with Crippen LogP contribution >= 0.6 is 57.5 Å². The zero-order valence-electron chi connectivity index (χ0n) is 38.6. The molecule has 73 heavy (non-hydrogen) atoms. The van der Waals surface area contributed by atoms with Crippen LogP contribution in [0.25, 0.3) is 107 Å². The fourth-order valence-electron chi connectivity index (χ4n) is 9.18. The molecule has 14 rings (SSSR count). The lowest BCUT2D eigenvalue weighted by molar-refractivity contribution is 0.475. The zero-order valence-corrected chi connectivity index (χ0v) is 42.5. The van der Waals surface area contributed by atoms with Crippen LogP contribution in [0.1, 0.15) is 0 Å². The SMILES string of the molecule is Clc1c(Oc2cccc(-c3cccc4c3oc3ccccc34)c2)cccc1-c1cc2ccccc2s1.Clc1cccc(-c2cc3ccccc3s2)c1Cl.Oc1cccc(-c2cccc3c2oc2ccccc23)c1. The van der Waals surface area contributed by atoms with Crippen molar-refractivity contribution in [3.63, 3.8) is 0 Å². The molecular formula is C64H39Cl3O4S2. The normalized spacial score (nSPS) is 11.3. The summed E-state index contributed by atoms with van der Waals surface area (Å²) >= 11 is 22.6. The Morgan fingerprint density at radius 3 is 1.44 bits per heavy atom. The van der Waals surface area contributed by atoms with Crippen molar-refractivity contribution in [3.8, 4) is 60.4 Å². The lowest BCUT2D eigenvalue weighted by atomic mass is 10.0. The molecule has 0 unspecified atom stereocenters. The predicted octanol–water partition coefficient (Wildman–Crippen LogP) is 21.4. The second kappa shape index (κ2) is 20.0. The number of fused-ring (bicyclic) bond motifs is 8. The first-order valence-corrected chi connectivity index (χ1v) is 26.2. The number of ether oxygens (including phenoxy) is 1. The van der Waals surface area contributed by atoms with E-state index in [1.165, 1.54) is 20.2 Å². The van der Waals surface area contributed by atoms with Gasteiger partial charge in [0.15, 0.2) is 0 Å².